The van der Waals surface area contributed by atoms with Gasteiger partial charge in [0.05, 0.1) is 10.5 Å². The predicted molar refractivity (Wildman–Crippen MR) is 82.3 cm³/mol. The zero-order valence-corrected chi connectivity index (χ0v) is 12.0. The molecule has 0 spiro atoms. The van der Waals surface area contributed by atoms with Gasteiger partial charge in [-0.05, 0) is 36.5 Å². The van der Waals surface area contributed by atoms with E-state index >= 15 is 0 Å². The van der Waals surface area contributed by atoms with Crippen LogP contribution in [-0.4, -0.2) is 10.7 Å². The highest BCUT2D eigenvalue weighted by Gasteiger charge is 2.15. The van der Waals surface area contributed by atoms with Gasteiger partial charge in [-0.2, -0.15) is 0 Å². The molecule has 0 atom stereocenters. The highest BCUT2D eigenvalue weighted by atomic mass is 32.2. The number of nitrogens with zero attached hydrogens (tertiary/aromatic N) is 1. The molecule has 1 saturated carbocycles. The minimum absolute atomic E-state index is 0.583. The smallest absolute Gasteiger partial charge is 0.0970 e. The van der Waals surface area contributed by atoms with Gasteiger partial charge in [0.1, 0.15) is 0 Å². The molecular formula is C16H20N2S. The molecule has 0 bridgehead atoms. The Bertz CT molecular complexity index is 562. The molecule has 2 N–H and O–H groups in total. The zero-order chi connectivity index (χ0) is 13.1. The number of pyridine rings is 1. The lowest BCUT2D eigenvalue weighted by Gasteiger charge is -2.10. The lowest BCUT2D eigenvalue weighted by atomic mass is 10.1. The van der Waals surface area contributed by atoms with Crippen LogP contribution in [0.4, 0.5) is 0 Å². The van der Waals surface area contributed by atoms with Crippen LogP contribution in [0.1, 0.15) is 31.2 Å². The first-order valence-electron chi connectivity index (χ1n) is 7.08. The van der Waals surface area contributed by atoms with Crippen LogP contribution in [0.3, 0.4) is 0 Å². The van der Waals surface area contributed by atoms with Gasteiger partial charge in [0, 0.05) is 17.7 Å². The number of thioether (sulfide) groups is 1. The van der Waals surface area contributed by atoms with Crippen LogP contribution in [0.5, 0.6) is 0 Å². The van der Waals surface area contributed by atoms with E-state index in [1.165, 1.54) is 42.4 Å². The number of fused-ring (bicyclic) bond motifs is 1. The van der Waals surface area contributed by atoms with Crippen LogP contribution in [0.15, 0.2) is 35.4 Å². The van der Waals surface area contributed by atoms with E-state index in [0.29, 0.717) is 6.54 Å². The third kappa shape index (κ3) is 2.93. The van der Waals surface area contributed by atoms with Crippen LogP contribution in [-0.2, 0) is 6.54 Å². The van der Waals surface area contributed by atoms with Gasteiger partial charge < -0.3 is 5.73 Å². The van der Waals surface area contributed by atoms with E-state index in [4.69, 9.17) is 10.7 Å². The van der Waals surface area contributed by atoms with Gasteiger partial charge >= 0.3 is 0 Å². The van der Waals surface area contributed by atoms with Crippen molar-refractivity contribution in [2.24, 2.45) is 11.7 Å². The Labute approximate surface area is 118 Å². The van der Waals surface area contributed by atoms with E-state index in [0.717, 1.165) is 16.5 Å². The lowest BCUT2D eigenvalue weighted by molar-refractivity contribution is 0.623. The van der Waals surface area contributed by atoms with Crippen molar-refractivity contribution in [3.63, 3.8) is 0 Å². The molecule has 0 aliphatic heterocycles. The number of nitrogens with two attached hydrogens (primary N) is 1. The van der Waals surface area contributed by atoms with Gasteiger partial charge in [0.25, 0.3) is 0 Å². The van der Waals surface area contributed by atoms with E-state index in [1.54, 1.807) is 0 Å². The van der Waals surface area contributed by atoms with Crippen molar-refractivity contribution in [1.82, 2.24) is 4.98 Å². The normalized spacial score (nSPS) is 16.3. The number of aromatic nitrogens is 1. The summed E-state index contributed by atoms with van der Waals surface area (Å²) in [4.78, 5) is 4.75. The molecular weight excluding hydrogens is 252 g/mol. The van der Waals surface area contributed by atoms with E-state index in [9.17, 15) is 0 Å². The zero-order valence-electron chi connectivity index (χ0n) is 11.1. The van der Waals surface area contributed by atoms with Gasteiger partial charge in [-0.15, -0.1) is 11.8 Å². The molecule has 1 aromatic heterocycles. The largest absolute Gasteiger partial charge is 0.326 e. The van der Waals surface area contributed by atoms with Gasteiger partial charge in [-0.25, -0.2) is 4.98 Å². The Kier molecular flexibility index (Phi) is 4.04. The average Bonchev–Trinajstić information content (AvgIpc) is 2.97. The molecule has 1 aromatic carbocycles. The molecule has 19 heavy (non-hydrogen) atoms. The first-order chi connectivity index (χ1) is 9.36. The minimum Gasteiger partial charge on any atom is -0.326 e. The predicted octanol–water partition coefficient (Wildman–Crippen LogP) is 3.98. The van der Waals surface area contributed by atoms with E-state index in [-0.39, 0.29) is 0 Å². The van der Waals surface area contributed by atoms with Crippen molar-refractivity contribution < 1.29 is 0 Å². The SMILES string of the molecule is NCc1cc(SCC2CCCC2)nc2ccccc12. The summed E-state index contributed by atoms with van der Waals surface area (Å²) in [6.07, 6.45) is 5.60. The van der Waals surface area contributed by atoms with Crippen LogP contribution in [0, 0.1) is 5.92 Å². The third-order valence-corrected chi connectivity index (χ3v) is 5.08. The van der Waals surface area contributed by atoms with Crippen molar-refractivity contribution in [2.75, 3.05) is 5.75 Å². The number of hydrogen-bond acceptors (Lipinski definition) is 3. The standard InChI is InChI=1S/C16H20N2S/c17-10-13-9-16(19-11-12-5-1-2-6-12)18-15-8-4-3-7-14(13)15/h3-4,7-9,12H,1-2,5-6,10-11,17H2. The molecule has 1 fully saturated rings. The Hall–Kier alpha value is -1.06. The highest BCUT2D eigenvalue weighted by molar-refractivity contribution is 7.99. The van der Waals surface area contributed by atoms with Crippen LogP contribution in [0.2, 0.25) is 0 Å². The van der Waals surface area contributed by atoms with Crippen molar-refractivity contribution in [2.45, 2.75) is 37.3 Å². The molecule has 0 unspecified atom stereocenters. The van der Waals surface area contributed by atoms with Crippen LogP contribution >= 0.6 is 11.8 Å². The maximum absolute atomic E-state index is 5.87. The van der Waals surface area contributed by atoms with Crippen LogP contribution < -0.4 is 5.73 Å². The number of hydrogen-bond donors (Lipinski definition) is 1. The number of para-hydroxylation sites is 1. The number of rotatable bonds is 4. The summed E-state index contributed by atoms with van der Waals surface area (Å²) < 4.78 is 0. The quantitative estimate of drug-likeness (QED) is 0.856. The Morgan fingerprint density at radius 1 is 1.21 bits per heavy atom. The van der Waals surface area contributed by atoms with Crippen molar-refractivity contribution in [3.05, 3.63) is 35.9 Å². The maximum atomic E-state index is 5.87. The molecule has 2 nitrogen and oxygen atoms in total. The molecule has 0 saturated heterocycles. The summed E-state index contributed by atoms with van der Waals surface area (Å²) in [5, 5.41) is 2.32. The summed E-state index contributed by atoms with van der Waals surface area (Å²) >= 11 is 1.90. The Morgan fingerprint density at radius 3 is 2.79 bits per heavy atom. The third-order valence-electron chi connectivity index (χ3n) is 3.94. The van der Waals surface area contributed by atoms with E-state index < -0.39 is 0 Å². The first kappa shape index (κ1) is 12.9. The van der Waals surface area contributed by atoms with E-state index in [1.807, 2.05) is 17.8 Å². The minimum atomic E-state index is 0.583. The van der Waals surface area contributed by atoms with Crippen LogP contribution in [0.25, 0.3) is 10.9 Å². The summed E-state index contributed by atoms with van der Waals surface area (Å²) in [6.45, 7) is 0.583. The first-order valence-corrected chi connectivity index (χ1v) is 8.07. The van der Waals surface area contributed by atoms with Crippen molar-refractivity contribution >= 4 is 22.7 Å². The van der Waals surface area contributed by atoms with Gasteiger partial charge in [0.15, 0.2) is 0 Å². The average molecular weight is 272 g/mol. The Balaban J connectivity index is 1.82. The fourth-order valence-corrected chi connectivity index (χ4v) is 3.97. The van der Waals surface area contributed by atoms with Gasteiger partial charge in [-0.1, -0.05) is 31.0 Å². The van der Waals surface area contributed by atoms with Crippen molar-refractivity contribution in [3.8, 4) is 0 Å². The number of benzene rings is 1. The Morgan fingerprint density at radius 2 is 2.00 bits per heavy atom. The fourth-order valence-electron chi connectivity index (χ4n) is 2.84. The fraction of sp³-hybridized carbons (Fsp3) is 0.438. The van der Waals surface area contributed by atoms with Gasteiger partial charge in [-0.3, -0.25) is 0 Å². The summed E-state index contributed by atoms with van der Waals surface area (Å²) in [6, 6.07) is 10.4. The molecule has 3 rings (SSSR count). The highest BCUT2D eigenvalue weighted by Crippen LogP contribution is 2.31. The second-order valence-electron chi connectivity index (χ2n) is 5.30. The molecule has 1 aliphatic carbocycles. The molecule has 100 valence electrons. The molecule has 3 heteroatoms. The second kappa shape index (κ2) is 5.93. The second-order valence-corrected chi connectivity index (χ2v) is 6.34. The van der Waals surface area contributed by atoms with Gasteiger partial charge in [0.2, 0.25) is 0 Å². The molecule has 0 radical (unpaired) electrons. The molecule has 1 aliphatic rings. The molecule has 0 amide bonds. The summed E-state index contributed by atoms with van der Waals surface area (Å²) in [7, 11) is 0. The lowest BCUT2D eigenvalue weighted by Crippen LogP contribution is -2.01. The monoisotopic (exact) mass is 272 g/mol. The van der Waals surface area contributed by atoms with Crippen molar-refractivity contribution in [1.29, 1.82) is 0 Å². The summed E-state index contributed by atoms with van der Waals surface area (Å²) in [5.74, 6) is 2.09. The maximum Gasteiger partial charge on any atom is 0.0970 e. The van der Waals surface area contributed by atoms with E-state index in [2.05, 4.69) is 24.3 Å². The topological polar surface area (TPSA) is 38.9 Å². The molecule has 2 aromatic rings. The summed E-state index contributed by atoms with van der Waals surface area (Å²) in [5.41, 5.74) is 8.14. The molecule has 1 heterocycles.